The van der Waals surface area contributed by atoms with Gasteiger partial charge in [0.1, 0.15) is 5.75 Å². The van der Waals surface area contributed by atoms with Gasteiger partial charge in [0.05, 0.1) is 36.6 Å². The van der Waals surface area contributed by atoms with Crippen molar-refractivity contribution in [3.8, 4) is 16.9 Å². The van der Waals surface area contributed by atoms with Crippen LogP contribution < -0.4 is 20.3 Å². The maximum atomic E-state index is 11.8. The topological polar surface area (TPSA) is 88.6 Å². The van der Waals surface area contributed by atoms with E-state index in [4.69, 9.17) is 26.1 Å². The van der Waals surface area contributed by atoms with Crippen molar-refractivity contribution in [2.75, 3.05) is 48.9 Å². The third kappa shape index (κ3) is 5.35. The molecule has 1 amide bonds. The Hall–Kier alpha value is -4.14. The number of hydrogen-bond donors (Lipinski definition) is 2. The summed E-state index contributed by atoms with van der Waals surface area (Å²) in [6.45, 7) is 6.60. The lowest BCUT2D eigenvalue weighted by atomic mass is 10.0. The molecule has 2 N–H and O–H groups in total. The fourth-order valence-corrected chi connectivity index (χ4v) is 4.54. The SMILES string of the molecule is C=CC(=O)Nc1cccc(-c2c(Cl)ccc3cnc(Nc4ccc(N5CCOCC5)cc4OC)nc23)c1. The molecule has 3 aromatic carbocycles. The van der Waals surface area contributed by atoms with Crippen LogP contribution in [0.2, 0.25) is 5.02 Å². The normalized spacial score (nSPS) is 13.3. The Labute approximate surface area is 219 Å². The van der Waals surface area contributed by atoms with Gasteiger partial charge in [-0.1, -0.05) is 30.3 Å². The lowest BCUT2D eigenvalue weighted by molar-refractivity contribution is -0.111. The van der Waals surface area contributed by atoms with Crippen LogP contribution in [0.25, 0.3) is 22.0 Å². The van der Waals surface area contributed by atoms with Crippen LogP contribution in [0.5, 0.6) is 5.75 Å². The Morgan fingerprint density at radius 3 is 2.78 bits per heavy atom. The highest BCUT2D eigenvalue weighted by Gasteiger charge is 2.16. The van der Waals surface area contributed by atoms with Gasteiger partial charge in [0.2, 0.25) is 11.9 Å². The van der Waals surface area contributed by atoms with Crippen LogP contribution in [0.15, 0.2) is 73.4 Å². The monoisotopic (exact) mass is 515 g/mol. The van der Waals surface area contributed by atoms with Crippen molar-refractivity contribution >= 4 is 51.4 Å². The number of ether oxygens (including phenoxy) is 2. The van der Waals surface area contributed by atoms with Gasteiger partial charge in [-0.15, -0.1) is 0 Å². The van der Waals surface area contributed by atoms with Crippen LogP contribution in [0.3, 0.4) is 0 Å². The molecule has 1 aliphatic heterocycles. The van der Waals surface area contributed by atoms with E-state index < -0.39 is 0 Å². The molecular formula is C28H26ClN5O3. The van der Waals surface area contributed by atoms with E-state index >= 15 is 0 Å². The Kier molecular flexibility index (Phi) is 7.20. The smallest absolute Gasteiger partial charge is 0.247 e. The van der Waals surface area contributed by atoms with Crippen molar-refractivity contribution in [2.24, 2.45) is 0 Å². The van der Waals surface area contributed by atoms with Gasteiger partial charge in [0.25, 0.3) is 0 Å². The first-order valence-corrected chi connectivity index (χ1v) is 12.2. The zero-order chi connectivity index (χ0) is 25.8. The van der Waals surface area contributed by atoms with Gasteiger partial charge in [-0.3, -0.25) is 4.79 Å². The summed E-state index contributed by atoms with van der Waals surface area (Å²) in [5.41, 5.74) is 4.69. The summed E-state index contributed by atoms with van der Waals surface area (Å²) in [7, 11) is 1.64. The van der Waals surface area contributed by atoms with Crippen LogP contribution in [0.1, 0.15) is 0 Å². The van der Waals surface area contributed by atoms with Gasteiger partial charge in [-0.2, -0.15) is 0 Å². The third-order valence-electron chi connectivity index (χ3n) is 6.11. The van der Waals surface area contributed by atoms with Crippen molar-refractivity contribution in [2.45, 2.75) is 0 Å². The Balaban J connectivity index is 1.49. The van der Waals surface area contributed by atoms with Crippen LogP contribution in [0.4, 0.5) is 23.0 Å². The minimum atomic E-state index is -0.288. The Bertz CT molecular complexity index is 1470. The molecule has 37 heavy (non-hydrogen) atoms. The summed E-state index contributed by atoms with van der Waals surface area (Å²) in [4.78, 5) is 23.4. The summed E-state index contributed by atoms with van der Waals surface area (Å²) < 4.78 is 11.1. The summed E-state index contributed by atoms with van der Waals surface area (Å²) in [5.74, 6) is 0.804. The summed E-state index contributed by atoms with van der Waals surface area (Å²) >= 11 is 6.66. The largest absolute Gasteiger partial charge is 0.494 e. The highest BCUT2D eigenvalue weighted by molar-refractivity contribution is 6.35. The van der Waals surface area contributed by atoms with E-state index in [1.165, 1.54) is 6.08 Å². The molecule has 0 unspecified atom stereocenters. The summed E-state index contributed by atoms with van der Waals surface area (Å²) in [6.07, 6.45) is 2.98. The predicted octanol–water partition coefficient (Wildman–Crippen LogP) is 5.66. The molecule has 0 bridgehead atoms. The number of aromatic nitrogens is 2. The Morgan fingerprint density at radius 2 is 2.00 bits per heavy atom. The van der Waals surface area contributed by atoms with E-state index in [9.17, 15) is 4.79 Å². The number of methoxy groups -OCH3 is 1. The quantitative estimate of drug-likeness (QED) is 0.307. The van der Waals surface area contributed by atoms with E-state index in [1.807, 2.05) is 48.5 Å². The summed E-state index contributed by atoms with van der Waals surface area (Å²) in [5, 5.41) is 7.44. The molecule has 0 saturated carbocycles. The molecule has 0 spiro atoms. The molecule has 1 aromatic heterocycles. The molecule has 8 nitrogen and oxygen atoms in total. The molecule has 0 radical (unpaired) electrons. The van der Waals surface area contributed by atoms with Gasteiger partial charge in [0, 0.05) is 47.7 Å². The molecule has 2 heterocycles. The maximum Gasteiger partial charge on any atom is 0.247 e. The molecular weight excluding hydrogens is 490 g/mol. The third-order valence-corrected chi connectivity index (χ3v) is 6.43. The number of fused-ring (bicyclic) bond motifs is 1. The van der Waals surface area contributed by atoms with Gasteiger partial charge in [-0.25, -0.2) is 9.97 Å². The van der Waals surface area contributed by atoms with Crippen molar-refractivity contribution in [1.82, 2.24) is 9.97 Å². The lowest BCUT2D eigenvalue weighted by Crippen LogP contribution is -2.36. The first-order chi connectivity index (χ1) is 18.1. The first-order valence-electron chi connectivity index (χ1n) is 11.8. The number of carbonyl (C=O) groups excluding carboxylic acids is 1. The zero-order valence-electron chi connectivity index (χ0n) is 20.3. The molecule has 0 atom stereocenters. The number of carbonyl (C=O) groups is 1. The number of nitrogens with zero attached hydrogens (tertiary/aromatic N) is 3. The minimum absolute atomic E-state index is 0.288. The van der Waals surface area contributed by atoms with Gasteiger partial charge >= 0.3 is 0 Å². The second-order valence-electron chi connectivity index (χ2n) is 8.44. The fraction of sp³-hybridized carbons (Fsp3) is 0.179. The van der Waals surface area contributed by atoms with E-state index in [0.717, 1.165) is 41.0 Å². The number of halogens is 1. The number of rotatable bonds is 7. The van der Waals surface area contributed by atoms with Gasteiger partial charge < -0.3 is 25.0 Å². The second-order valence-corrected chi connectivity index (χ2v) is 8.84. The minimum Gasteiger partial charge on any atom is -0.494 e. The molecule has 188 valence electrons. The average molecular weight is 516 g/mol. The molecule has 5 rings (SSSR count). The van der Waals surface area contributed by atoms with Crippen LogP contribution in [-0.4, -0.2) is 49.3 Å². The van der Waals surface area contributed by atoms with Crippen molar-refractivity contribution in [3.05, 3.63) is 78.5 Å². The number of anilines is 4. The number of hydrogen-bond acceptors (Lipinski definition) is 7. The van der Waals surface area contributed by atoms with Gasteiger partial charge in [0.15, 0.2) is 0 Å². The molecule has 1 aliphatic rings. The number of morpholine rings is 1. The van der Waals surface area contributed by atoms with Crippen LogP contribution in [0, 0.1) is 0 Å². The van der Waals surface area contributed by atoms with Crippen molar-refractivity contribution in [1.29, 1.82) is 0 Å². The van der Waals surface area contributed by atoms with Gasteiger partial charge in [-0.05, 0) is 48.0 Å². The van der Waals surface area contributed by atoms with E-state index in [-0.39, 0.29) is 5.91 Å². The van der Waals surface area contributed by atoms with Crippen molar-refractivity contribution in [3.63, 3.8) is 0 Å². The molecule has 1 fully saturated rings. The fourth-order valence-electron chi connectivity index (χ4n) is 4.28. The van der Waals surface area contributed by atoms with Crippen molar-refractivity contribution < 1.29 is 14.3 Å². The van der Waals surface area contributed by atoms with E-state index in [1.54, 1.807) is 19.4 Å². The second kappa shape index (κ2) is 10.9. The number of amides is 1. The molecule has 0 aliphatic carbocycles. The van der Waals surface area contributed by atoms with E-state index in [0.29, 0.717) is 41.1 Å². The standard InChI is InChI=1S/C28H26ClN5O3/c1-3-25(35)31-20-6-4-5-18(15-20)26-22(29)9-7-19-17-30-28(33-27(19)26)32-23-10-8-21(16-24(23)36-2)34-11-13-37-14-12-34/h3-10,15-17H,1,11-14H2,2H3,(H,31,35)(H,30,32,33). The summed E-state index contributed by atoms with van der Waals surface area (Å²) in [6, 6.07) is 17.1. The molecule has 9 heteroatoms. The predicted molar refractivity (Wildman–Crippen MR) is 148 cm³/mol. The number of nitrogens with one attached hydrogen (secondary N) is 2. The highest BCUT2D eigenvalue weighted by Crippen LogP contribution is 2.37. The van der Waals surface area contributed by atoms with Crippen LogP contribution in [-0.2, 0) is 9.53 Å². The average Bonchev–Trinajstić information content (AvgIpc) is 2.93. The molecule has 4 aromatic rings. The van der Waals surface area contributed by atoms with E-state index in [2.05, 4.69) is 27.1 Å². The Morgan fingerprint density at radius 1 is 1.16 bits per heavy atom. The zero-order valence-corrected chi connectivity index (χ0v) is 21.1. The first kappa shape index (κ1) is 24.5. The lowest BCUT2D eigenvalue weighted by Gasteiger charge is -2.29. The highest BCUT2D eigenvalue weighted by atomic mass is 35.5. The maximum absolute atomic E-state index is 11.8. The molecule has 1 saturated heterocycles. The van der Waals surface area contributed by atoms with Crippen LogP contribution >= 0.6 is 11.6 Å². The number of benzene rings is 3.